The molecule has 2 aromatic heterocycles. The Hall–Kier alpha value is -3.03. The van der Waals surface area contributed by atoms with Crippen LogP contribution in [-0.2, 0) is 12.8 Å². The molecule has 1 aromatic carbocycles. The van der Waals surface area contributed by atoms with Crippen molar-refractivity contribution in [2.24, 2.45) is 0 Å². The summed E-state index contributed by atoms with van der Waals surface area (Å²) in [4.78, 5) is 8.82. The maximum atomic E-state index is 5.43. The predicted octanol–water partition coefficient (Wildman–Crippen LogP) is 2.38. The number of hydrogen-bond donors (Lipinski definition) is 1. The molecule has 0 atom stereocenters. The minimum atomic E-state index is 0.557. The largest absolute Gasteiger partial charge is 0.493 e. The number of nitrogens with zero attached hydrogens (tertiary/aromatic N) is 4. The Morgan fingerprint density at radius 3 is 2.48 bits per heavy atom. The van der Waals surface area contributed by atoms with Crippen LogP contribution in [0.5, 0.6) is 17.2 Å². The van der Waals surface area contributed by atoms with E-state index in [0.717, 1.165) is 36.5 Å². The fourth-order valence-corrected chi connectivity index (χ4v) is 3.24. The maximum Gasteiger partial charge on any atom is 0.254 e. The van der Waals surface area contributed by atoms with Gasteiger partial charge in [0.15, 0.2) is 11.5 Å². The molecule has 8 nitrogen and oxygen atoms in total. The Balaban J connectivity index is 1.83. The zero-order valence-corrected chi connectivity index (χ0v) is 14.4. The van der Waals surface area contributed by atoms with E-state index in [4.69, 9.17) is 14.2 Å². The van der Waals surface area contributed by atoms with Gasteiger partial charge < -0.3 is 19.5 Å². The topological polar surface area (TPSA) is 82.8 Å². The number of anilines is 2. The van der Waals surface area contributed by atoms with Crippen molar-refractivity contribution in [3.63, 3.8) is 0 Å². The lowest BCUT2D eigenvalue weighted by atomic mass is 10.2. The molecule has 0 saturated carbocycles. The lowest BCUT2D eigenvalue weighted by Gasteiger charge is -2.16. The molecule has 8 heteroatoms. The molecule has 130 valence electrons. The van der Waals surface area contributed by atoms with Crippen molar-refractivity contribution in [2.75, 3.05) is 26.6 Å². The maximum absolute atomic E-state index is 5.43. The van der Waals surface area contributed by atoms with Crippen molar-refractivity contribution < 1.29 is 14.2 Å². The molecule has 0 unspecified atom stereocenters. The Morgan fingerprint density at radius 1 is 1.04 bits per heavy atom. The first-order chi connectivity index (χ1) is 12.2. The molecule has 2 heterocycles. The van der Waals surface area contributed by atoms with Crippen molar-refractivity contribution in [1.82, 2.24) is 19.6 Å². The van der Waals surface area contributed by atoms with Crippen molar-refractivity contribution in [2.45, 2.75) is 19.3 Å². The van der Waals surface area contributed by atoms with Gasteiger partial charge in [0.25, 0.3) is 5.78 Å². The third-order valence-corrected chi connectivity index (χ3v) is 4.38. The van der Waals surface area contributed by atoms with E-state index in [1.54, 1.807) is 25.8 Å². The molecule has 1 aliphatic rings. The monoisotopic (exact) mass is 341 g/mol. The van der Waals surface area contributed by atoms with E-state index in [1.165, 1.54) is 11.9 Å². The van der Waals surface area contributed by atoms with E-state index in [-0.39, 0.29) is 0 Å². The summed E-state index contributed by atoms with van der Waals surface area (Å²) in [5.41, 5.74) is 3.06. The van der Waals surface area contributed by atoms with E-state index in [0.29, 0.717) is 23.0 Å². The van der Waals surface area contributed by atoms with Crippen LogP contribution in [0.3, 0.4) is 0 Å². The van der Waals surface area contributed by atoms with E-state index in [2.05, 4.69) is 20.4 Å². The van der Waals surface area contributed by atoms with Gasteiger partial charge in [0.1, 0.15) is 12.1 Å². The number of aryl methyl sites for hydroxylation is 1. The van der Waals surface area contributed by atoms with E-state index < -0.39 is 0 Å². The molecule has 1 aliphatic carbocycles. The highest BCUT2D eigenvalue weighted by molar-refractivity contribution is 5.69. The number of benzene rings is 1. The summed E-state index contributed by atoms with van der Waals surface area (Å²) < 4.78 is 18.0. The van der Waals surface area contributed by atoms with E-state index >= 15 is 0 Å². The SMILES string of the molecule is COc1cc(Nc2c3c(nc4ncnn24)CCC3)cc(OC)c1OC. The van der Waals surface area contributed by atoms with Crippen molar-refractivity contribution >= 4 is 17.3 Å². The average molecular weight is 341 g/mol. The van der Waals surface area contributed by atoms with Crippen LogP contribution in [0.2, 0.25) is 0 Å². The van der Waals surface area contributed by atoms with Gasteiger partial charge in [-0.15, -0.1) is 0 Å². The number of nitrogens with one attached hydrogen (secondary N) is 1. The minimum absolute atomic E-state index is 0.557. The summed E-state index contributed by atoms with van der Waals surface area (Å²) >= 11 is 0. The first-order valence-electron chi connectivity index (χ1n) is 8.03. The number of ether oxygens (including phenoxy) is 3. The highest BCUT2D eigenvalue weighted by Crippen LogP contribution is 2.41. The number of hydrogen-bond acceptors (Lipinski definition) is 7. The van der Waals surface area contributed by atoms with Gasteiger partial charge in [0.2, 0.25) is 5.75 Å². The van der Waals surface area contributed by atoms with Gasteiger partial charge in [-0.3, -0.25) is 0 Å². The zero-order chi connectivity index (χ0) is 17.4. The Morgan fingerprint density at radius 2 is 1.80 bits per heavy atom. The molecule has 3 aromatic rings. The molecule has 0 saturated heterocycles. The molecule has 4 rings (SSSR count). The van der Waals surface area contributed by atoms with Gasteiger partial charge in [-0.05, 0) is 19.3 Å². The molecule has 0 bridgehead atoms. The van der Waals surface area contributed by atoms with Crippen molar-refractivity contribution in [3.8, 4) is 17.2 Å². The second-order valence-corrected chi connectivity index (χ2v) is 5.75. The summed E-state index contributed by atoms with van der Waals surface area (Å²) in [6.07, 6.45) is 4.52. The van der Waals surface area contributed by atoms with Crippen molar-refractivity contribution in [1.29, 1.82) is 0 Å². The molecule has 25 heavy (non-hydrogen) atoms. The van der Waals surface area contributed by atoms with Crippen molar-refractivity contribution in [3.05, 3.63) is 29.7 Å². The van der Waals surface area contributed by atoms with Gasteiger partial charge in [0, 0.05) is 23.4 Å². The summed E-state index contributed by atoms with van der Waals surface area (Å²) in [5, 5.41) is 7.74. The molecule has 0 fully saturated rings. The molecule has 0 radical (unpaired) electrons. The molecular weight excluding hydrogens is 322 g/mol. The smallest absolute Gasteiger partial charge is 0.254 e. The van der Waals surface area contributed by atoms with Gasteiger partial charge in [-0.25, -0.2) is 4.98 Å². The van der Waals surface area contributed by atoms with Crippen LogP contribution in [0.25, 0.3) is 5.78 Å². The molecule has 0 amide bonds. The number of aromatic nitrogens is 4. The molecule has 1 N–H and O–H groups in total. The Kier molecular flexibility index (Phi) is 3.79. The third kappa shape index (κ3) is 2.50. The van der Waals surface area contributed by atoms with E-state index in [9.17, 15) is 0 Å². The summed E-state index contributed by atoms with van der Waals surface area (Å²) in [5.74, 6) is 3.20. The highest BCUT2D eigenvalue weighted by atomic mass is 16.5. The Labute approximate surface area is 144 Å². The summed E-state index contributed by atoms with van der Waals surface area (Å²) in [6.45, 7) is 0. The molecule has 0 spiro atoms. The quantitative estimate of drug-likeness (QED) is 0.763. The van der Waals surface area contributed by atoms with Gasteiger partial charge in [0.05, 0.1) is 27.0 Å². The van der Waals surface area contributed by atoms with Gasteiger partial charge in [-0.2, -0.15) is 14.6 Å². The standard InChI is InChI=1S/C17H19N5O3/c1-23-13-7-10(8-14(24-2)15(13)25-3)20-16-11-5-4-6-12(11)21-17-18-9-19-22(16)17/h7-9,20H,4-6H2,1-3H3. The second kappa shape index (κ2) is 6.12. The van der Waals surface area contributed by atoms with Crippen LogP contribution in [0, 0.1) is 0 Å². The van der Waals surface area contributed by atoms with Gasteiger partial charge in [-0.1, -0.05) is 0 Å². The van der Waals surface area contributed by atoms with Crippen LogP contribution in [-0.4, -0.2) is 40.9 Å². The van der Waals surface area contributed by atoms with Crippen LogP contribution in [0.4, 0.5) is 11.5 Å². The lowest BCUT2D eigenvalue weighted by Crippen LogP contribution is -2.07. The van der Waals surface area contributed by atoms with Gasteiger partial charge >= 0.3 is 0 Å². The second-order valence-electron chi connectivity index (χ2n) is 5.75. The number of fused-ring (bicyclic) bond motifs is 2. The van der Waals surface area contributed by atoms with Crippen LogP contribution in [0.15, 0.2) is 18.5 Å². The van der Waals surface area contributed by atoms with Crippen LogP contribution >= 0.6 is 0 Å². The van der Waals surface area contributed by atoms with Crippen LogP contribution < -0.4 is 19.5 Å². The lowest BCUT2D eigenvalue weighted by molar-refractivity contribution is 0.324. The zero-order valence-electron chi connectivity index (χ0n) is 14.4. The first kappa shape index (κ1) is 15.5. The number of rotatable bonds is 5. The predicted molar refractivity (Wildman–Crippen MR) is 92.2 cm³/mol. The third-order valence-electron chi connectivity index (χ3n) is 4.38. The highest BCUT2D eigenvalue weighted by Gasteiger charge is 2.22. The fourth-order valence-electron chi connectivity index (χ4n) is 3.24. The van der Waals surface area contributed by atoms with Crippen LogP contribution in [0.1, 0.15) is 17.7 Å². The summed E-state index contributed by atoms with van der Waals surface area (Å²) in [7, 11) is 4.78. The fraction of sp³-hybridized carbons (Fsp3) is 0.353. The molecular formula is C17H19N5O3. The van der Waals surface area contributed by atoms with E-state index in [1.807, 2.05) is 12.1 Å². The summed E-state index contributed by atoms with van der Waals surface area (Å²) in [6, 6.07) is 3.73. The minimum Gasteiger partial charge on any atom is -0.493 e. The molecule has 0 aliphatic heterocycles. The Bertz CT molecular complexity index is 912. The first-order valence-corrected chi connectivity index (χ1v) is 8.03. The number of methoxy groups -OCH3 is 3. The average Bonchev–Trinajstić information content (AvgIpc) is 3.29. The normalized spacial score (nSPS) is 12.9.